The third-order valence-electron chi connectivity index (χ3n) is 3.82. The van der Waals surface area contributed by atoms with Gasteiger partial charge in [0.05, 0.1) is 6.04 Å². The Kier molecular flexibility index (Phi) is 5.39. The number of thiophene rings is 1. The molecule has 0 spiro atoms. The lowest BCUT2D eigenvalue weighted by atomic mass is 10.0. The molecule has 4 heteroatoms. The third kappa shape index (κ3) is 4.30. The van der Waals surface area contributed by atoms with Crippen LogP contribution in [0.4, 0.5) is 4.39 Å². The molecule has 2 aromatic carbocycles. The average Bonchev–Trinajstić information content (AvgIpc) is 3.14. The quantitative estimate of drug-likeness (QED) is 0.691. The third-order valence-corrected chi connectivity index (χ3v) is 4.76. The highest BCUT2D eigenvalue weighted by atomic mass is 32.1. The number of hydrogen-bond acceptors (Lipinski definition) is 2. The van der Waals surface area contributed by atoms with Gasteiger partial charge in [0, 0.05) is 11.3 Å². The molecule has 0 saturated heterocycles. The molecule has 1 aromatic heterocycles. The van der Waals surface area contributed by atoms with Gasteiger partial charge in [-0.25, -0.2) is 4.39 Å². The largest absolute Gasteiger partial charge is 0.344 e. The van der Waals surface area contributed by atoms with E-state index in [1.54, 1.807) is 23.5 Å². The summed E-state index contributed by atoms with van der Waals surface area (Å²) in [5.74, 6) is -0.272. The Morgan fingerprint density at radius 3 is 2.42 bits per heavy atom. The Labute approximate surface area is 145 Å². The van der Waals surface area contributed by atoms with Crippen molar-refractivity contribution in [3.8, 4) is 0 Å². The minimum atomic E-state index is -0.259. The number of carbonyl (C=O) groups excluding carboxylic acids is 1. The Morgan fingerprint density at radius 2 is 1.75 bits per heavy atom. The van der Waals surface area contributed by atoms with Crippen molar-refractivity contribution in [3.05, 3.63) is 93.9 Å². The normalized spacial score (nSPS) is 11.9. The lowest BCUT2D eigenvalue weighted by Crippen LogP contribution is -2.28. The van der Waals surface area contributed by atoms with Crippen LogP contribution in [0.5, 0.6) is 0 Å². The first-order valence-electron chi connectivity index (χ1n) is 7.84. The lowest BCUT2D eigenvalue weighted by Gasteiger charge is -2.18. The van der Waals surface area contributed by atoms with E-state index in [-0.39, 0.29) is 17.8 Å². The number of rotatable bonds is 6. The molecule has 1 atom stereocenters. The molecule has 24 heavy (non-hydrogen) atoms. The van der Waals surface area contributed by atoms with Gasteiger partial charge in [0.1, 0.15) is 5.82 Å². The molecular weight excluding hydrogens is 321 g/mol. The maximum atomic E-state index is 12.9. The predicted octanol–water partition coefficient (Wildman–Crippen LogP) is 4.73. The van der Waals surface area contributed by atoms with Crippen molar-refractivity contribution >= 4 is 17.2 Å². The Balaban J connectivity index is 1.66. The first-order valence-corrected chi connectivity index (χ1v) is 8.72. The summed E-state index contributed by atoms with van der Waals surface area (Å²) in [6.45, 7) is 0. The molecule has 1 unspecified atom stereocenters. The van der Waals surface area contributed by atoms with Crippen LogP contribution in [0.15, 0.2) is 72.1 Å². The summed E-state index contributed by atoms with van der Waals surface area (Å²) in [4.78, 5) is 13.5. The topological polar surface area (TPSA) is 29.1 Å². The summed E-state index contributed by atoms with van der Waals surface area (Å²) in [6, 6.07) is 20.1. The van der Waals surface area contributed by atoms with Crippen LogP contribution in [0.3, 0.4) is 0 Å². The van der Waals surface area contributed by atoms with Gasteiger partial charge in [0.25, 0.3) is 0 Å². The van der Waals surface area contributed by atoms with Gasteiger partial charge in [-0.05, 0) is 41.1 Å². The van der Waals surface area contributed by atoms with Gasteiger partial charge in [-0.15, -0.1) is 11.3 Å². The van der Waals surface area contributed by atoms with E-state index in [2.05, 4.69) is 5.32 Å². The first kappa shape index (κ1) is 16.4. The standard InChI is InChI=1S/C20H18FNOS/c21-17-11-8-15(9-12-17)10-13-19(23)22-20(18-7-4-14-24-18)16-5-2-1-3-6-16/h1-9,11-12,14,20H,10,13H2,(H,22,23). The van der Waals surface area contributed by atoms with Crippen LogP contribution >= 0.6 is 11.3 Å². The van der Waals surface area contributed by atoms with E-state index in [9.17, 15) is 9.18 Å². The summed E-state index contributed by atoms with van der Waals surface area (Å²) >= 11 is 1.63. The molecule has 1 amide bonds. The van der Waals surface area contributed by atoms with Crippen molar-refractivity contribution in [2.45, 2.75) is 18.9 Å². The van der Waals surface area contributed by atoms with Crippen LogP contribution in [0.2, 0.25) is 0 Å². The van der Waals surface area contributed by atoms with E-state index in [0.717, 1.165) is 16.0 Å². The monoisotopic (exact) mass is 339 g/mol. The Bertz CT molecular complexity index is 769. The molecular formula is C20H18FNOS. The van der Waals surface area contributed by atoms with Crippen LogP contribution in [0.1, 0.15) is 28.5 Å². The van der Waals surface area contributed by atoms with Crippen molar-refractivity contribution in [3.63, 3.8) is 0 Å². The highest BCUT2D eigenvalue weighted by molar-refractivity contribution is 7.10. The van der Waals surface area contributed by atoms with E-state index >= 15 is 0 Å². The second-order valence-electron chi connectivity index (χ2n) is 5.55. The second-order valence-corrected chi connectivity index (χ2v) is 6.53. The minimum Gasteiger partial charge on any atom is -0.344 e. The Hall–Kier alpha value is -2.46. The van der Waals surface area contributed by atoms with Crippen LogP contribution in [0.25, 0.3) is 0 Å². The molecule has 1 heterocycles. The molecule has 0 bridgehead atoms. The smallest absolute Gasteiger partial charge is 0.221 e. The second kappa shape index (κ2) is 7.88. The molecule has 3 rings (SSSR count). The van der Waals surface area contributed by atoms with E-state index in [1.807, 2.05) is 47.8 Å². The fraction of sp³-hybridized carbons (Fsp3) is 0.150. The number of benzene rings is 2. The Morgan fingerprint density at radius 1 is 1.00 bits per heavy atom. The van der Waals surface area contributed by atoms with E-state index in [4.69, 9.17) is 0 Å². The molecule has 1 N–H and O–H groups in total. The fourth-order valence-electron chi connectivity index (χ4n) is 2.56. The van der Waals surface area contributed by atoms with Crippen LogP contribution in [-0.2, 0) is 11.2 Å². The van der Waals surface area contributed by atoms with Crippen LogP contribution in [-0.4, -0.2) is 5.91 Å². The number of halogens is 1. The van der Waals surface area contributed by atoms with E-state index < -0.39 is 0 Å². The summed E-state index contributed by atoms with van der Waals surface area (Å²) in [7, 11) is 0. The fourth-order valence-corrected chi connectivity index (χ4v) is 3.36. The zero-order valence-corrected chi connectivity index (χ0v) is 13.9. The highest BCUT2D eigenvalue weighted by Crippen LogP contribution is 2.26. The van der Waals surface area contributed by atoms with Crippen molar-refractivity contribution in [1.29, 1.82) is 0 Å². The van der Waals surface area contributed by atoms with Crippen LogP contribution in [0, 0.1) is 5.82 Å². The van der Waals surface area contributed by atoms with Crippen LogP contribution < -0.4 is 5.32 Å². The molecule has 0 aliphatic rings. The van der Waals surface area contributed by atoms with Crippen molar-refractivity contribution in [2.24, 2.45) is 0 Å². The van der Waals surface area contributed by atoms with Gasteiger partial charge >= 0.3 is 0 Å². The first-order chi connectivity index (χ1) is 11.7. The van der Waals surface area contributed by atoms with Gasteiger partial charge in [-0.2, -0.15) is 0 Å². The zero-order chi connectivity index (χ0) is 16.8. The lowest BCUT2D eigenvalue weighted by molar-refractivity contribution is -0.121. The average molecular weight is 339 g/mol. The molecule has 2 nitrogen and oxygen atoms in total. The summed E-state index contributed by atoms with van der Waals surface area (Å²) in [6.07, 6.45) is 0.971. The summed E-state index contributed by atoms with van der Waals surface area (Å²) < 4.78 is 12.9. The highest BCUT2D eigenvalue weighted by Gasteiger charge is 2.17. The minimum absolute atomic E-state index is 0.0124. The van der Waals surface area contributed by atoms with Crippen molar-refractivity contribution in [1.82, 2.24) is 5.32 Å². The summed E-state index contributed by atoms with van der Waals surface area (Å²) in [5, 5.41) is 5.12. The van der Waals surface area contributed by atoms with Gasteiger partial charge in [-0.3, -0.25) is 4.79 Å². The van der Waals surface area contributed by atoms with Gasteiger partial charge in [-0.1, -0.05) is 48.5 Å². The van der Waals surface area contributed by atoms with Gasteiger partial charge < -0.3 is 5.32 Å². The molecule has 0 aliphatic carbocycles. The van der Waals surface area contributed by atoms with Gasteiger partial charge in [0.2, 0.25) is 5.91 Å². The number of carbonyl (C=O) groups is 1. The van der Waals surface area contributed by atoms with E-state index in [0.29, 0.717) is 12.8 Å². The molecule has 0 saturated carbocycles. The zero-order valence-electron chi connectivity index (χ0n) is 13.1. The van der Waals surface area contributed by atoms with Gasteiger partial charge in [0.15, 0.2) is 0 Å². The summed E-state index contributed by atoms with van der Waals surface area (Å²) in [5.41, 5.74) is 2.02. The molecule has 0 radical (unpaired) electrons. The molecule has 3 aromatic rings. The number of hydrogen-bond donors (Lipinski definition) is 1. The maximum absolute atomic E-state index is 12.9. The molecule has 122 valence electrons. The number of aryl methyl sites for hydroxylation is 1. The number of nitrogens with one attached hydrogen (secondary N) is 1. The predicted molar refractivity (Wildman–Crippen MR) is 95.5 cm³/mol. The molecule has 0 aliphatic heterocycles. The number of amides is 1. The van der Waals surface area contributed by atoms with E-state index in [1.165, 1.54) is 12.1 Å². The maximum Gasteiger partial charge on any atom is 0.221 e. The SMILES string of the molecule is O=C(CCc1ccc(F)cc1)NC(c1ccccc1)c1cccs1. The van der Waals surface area contributed by atoms with Crippen molar-refractivity contribution < 1.29 is 9.18 Å². The van der Waals surface area contributed by atoms with Crippen molar-refractivity contribution in [2.75, 3.05) is 0 Å². The molecule has 0 fully saturated rings.